The summed E-state index contributed by atoms with van der Waals surface area (Å²) in [6, 6.07) is 0. The zero-order valence-electron chi connectivity index (χ0n) is 10.6. The minimum atomic E-state index is -1.10. The van der Waals surface area contributed by atoms with Crippen molar-refractivity contribution in [1.82, 2.24) is 0 Å². The van der Waals surface area contributed by atoms with E-state index in [4.69, 9.17) is 15.3 Å². The Morgan fingerprint density at radius 3 is 2.06 bits per heavy atom. The fourth-order valence-electron chi connectivity index (χ4n) is 1.95. The molecule has 1 saturated carbocycles. The summed E-state index contributed by atoms with van der Waals surface area (Å²) in [5, 5.41) is 25.4. The number of hydrogen-bond donors (Lipinski definition) is 3. The molecule has 1 aliphatic carbocycles. The van der Waals surface area contributed by atoms with E-state index in [1.165, 1.54) is 32.1 Å². The molecule has 0 aromatic carbocycles. The molecular formula is C13H28O3. The van der Waals surface area contributed by atoms with Crippen LogP contribution in [0.25, 0.3) is 0 Å². The molecule has 3 nitrogen and oxygen atoms in total. The van der Waals surface area contributed by atoms with Gasteiger partial charge in [-0.2, -0.15) is 0 Å². The van der Waals surface area contributed by atoms with Crippen LogP contribution >= 0.6 is 0 Å². The van der Waals surface area contributed by atoms with Crippen LogP contribution in [0.2, 0.25) is 0 Å². The fraction of sp³-hybridized carbons (Fsp3) is 1.00. The van der Waals surface area contributed by atoms with Gasteiger partial charge in [0.25, 0.3) is 0 Å². The first-order chi connectivity index (χ1) is 7.70. The van der Waals surface area contributed by atoms with Gasteiger partial charge in [0.15, 0.2) is 6.29 Å². The Kier molecular flexibility index (Phi) is 11.3. The molecule has 0 aromatic heterocycles. The van der Waals surface area contributed by atoms with Crippen molar-refractivity contribution in [2.75, 3.05) is 6.61 Å². The zero-order valence-corrected chi connectivity index (χ0v) is 10.6. The fourth-order valence-corrected chi connectivity index (χ4v) is 1.95. The van der Waals surface area contributed by atoms with Crippen molar-refractivity contribution in [1.29, 1.82) is 0 Å². The Morgan fingerprint density at radius 1 is 1.06 bits per heavy atom. The van der Waals surface area contributed by atoms with Gasteiger partial charge < -0.3 is 15.3 Å². The summed E-state index contributed by atoms with van der Waals surface area (Å²) < 4.78 is 0. The van der Waals surface area contributed by atoms with Crippen LogP contribution in [-0.2, 0) is 0 Å². The molecule has 16 heavy (non-hydrogen) atoms. The Bertz CT molecular complexity index is 131. The summed E-state index contributed by atoms with van der Waals surface area (Å²) in [5.74, 6) is 0.642. The lowest BCUT2D eigenvalue weighted by molar-refractivity contribution is -0.0465. The molecule has 0 atom stereocenters. The summed E-state index contributed by atoms with van der Waals surface area (Å²) >= 11 is 0. The van der Waals surface area contributed by atoms with Gasteiger partial charge in [0.2, 0.25) is 0 Å². The quantitative estimate of drug-likeness (QED) is 0.504. The van der Waals surface area contributed by atoms with E-state index in [-0.39, 0.29) is 0 Å². The van der Waals surface area contributed by atoms with E-state index in [1.807, 2.05) is 0 Å². The monoisotopic (exact) mass is 232 g/mol. The molecular weight excluding hydrogens is 204 g/mol. The molecule has 0 saturated heterocycles. The predicted octanol–water partition coefficient (Wildman–Crippen LogP) is 2.44. The molecule has 0 bridgehead atoms. The van der Waals surface area contributed by atoms with Gasteiger partial charge in [-0.1, -0.05) is 39.0 Å². The third-order valence-corrected chi connectivity index (χ3v) is 3.05. The van der Waals surface area contributed by atoms with E-state index in [1.54, 1.807) is 0 Å². The van der Waals surface area contributed by atoms with Gasteiger partial charge in [0, 0.05) is 6.61 Å². The maximum Gasteiger partial charge on any atom is 0.151 e. The Hall–Kier alpha value is -0.120. The standard InChI is InChI=1S/C7H14O.C6H14O2/c8-6-7-4-2-1-3-5-7;1-2-3-4-5-6(7)8/h7-8H,1-6H2;6-8H,2-5H2,1H3. The van der Waals surface area contributed by atoms with Gasteiger partial charge in [0.05, 0.1) is 0 Å². The van der Waals surface area contributed by atoms with E-state index in [0.29, 0.717) is 18.9 Å². The summed E-state index contributed by atoms with van der Waals surface area (Å²) in [6.45, 7) is 2.50. The average Bonchev–Trinajstić information content (AvgIpc) is 2.31. The first-order valence-corrected chi connectivity index (χ1v) is 6.67. The average molecular weight is 232 g/mol. The molecule has 1 rings (SSSR count). The maximum atomic E-state index is 8.69. The lowest BCUT2D eigenvalue weighted by atomic mass is 9.90. The molecule has 0 unspecified atom stereocenters. The van der Waals surface area contributed by atoms with E-state index < -0.39 is 6.29 Å². The highest BCUT2D eigenvalue weighted by Gasteiger charge is 2.10. The van der Waals surface area contributed by atoms with Crippen LogP contribution in [-0.4, -0.2) is 28.2 Å². The van der Waals surface area contributed by atoms with Gasteiger partial charge in [-0.25, -0.2) is 0 Å². The molecule has 0 amide bonds. The molecule has 1 aliphatic rings. The smallest absolute Gasteiger partial charge is 0.151 e. The van der Waals surface area contributed by atoms with Gasteiger partial charge >= 0.3 is 0 Å². The molecule has 3 N–H and O–H groups in total. The highest BCUT2D eigenvalue weighted by atomic mass is 16.5. The lowest BCUT2D eigenvalue weighted by Gasteiger charge is -2.18. The van der Waals surface area contributed by atoms with E-state index in [2.05, 4.69) is 6.92 Å². The molecule has 0 spiro atoms. The molecule has 0 aliphatic heterocycles. The summed E-state index contributed by atoms with van der Waals surface area (Å²) in [7, 11) is 0. The molecule has 0 radical (unpaired) electrons. The largest absolute Gasteiger partial charge is 0.396 e. The topological polar surface area (TPSA) is 60.7 Å². The highest BCUT2D eigenvalue weighted by molar-refractivity contribution is 4.63. The number of unbranched alkanes of at least 4 members (excludes halogenated alkanes) is 2. The van der Waals surface area contributed by atoms with Crippen LogP contribution in [0.4, 0.5) is 0 Å². The van der Waals surface area contributed by atoms with Crippen LogP contribution in [0, 0.1) is 5.92 Å². The van der Waals surface area contributed by atoms with E-state index in [0.717, 1.165) is 19.3 Å². The van der Waals surface area contributed by atoms with Crippen LogP contribution in [0.1, 0.15) is 64.7 Å². The summed E-state index contributed by atoms with van der Waals surface area (Å²) in [4.78, 5) is 0. The van der Waals surface area contributed by atoms with Crippen LogP contribution < -0.4 is 0 Å². The summed E-state index contributed by atoms with van der Waals surface area (Å²) in [5.41, 5.74) is 0. The Labute approximate surface area is 99.5 Å². The van der Waals surface area contributed by atoms with Crippen LogP contribution in [0.5, 0.6) is 0 Å². The van der Waals surface area contributed by atoms with E-state index in [9.17, 15) is 0 Å². The third kappa shape index (κ3) is 10.4. The second-order valence-electron chi connectivity index (χ2n) is 4.66. The second kappa shape index (κ2) is 11.4. The Morgan fingerprint density at radius 2 is 1.69 bits per heavy atom. The number of aliphatic hydroxyl groups is 3. The number of hydrogen-bond acceptors (Lipinski definition) is 3. The molecule has 98 valence electrons. The van der Waals surface area contributed by atoms with Crippen molar-refractivity contribution in [2.24, 2.45) is 5.92 Å². The predicted molar refractivity (Wildman–Crippen MR) is 66.0 cm³/mol. The van der Waals surface area contributed by atoms with Crippen molar-refractivity contribution < 1.29 is 15.3 Å². The van der Waals surface area contributed by atoms with Crippen LogP contribution in [0.3, 0.4) is 0 Å². The van der Waals surface area contributed by atoms with Crippen molar-refractivity contribution in [3.05, 3.63) is 0 Å². The first-order valence-electron chi connectivity index (χ1n) is 6.67. The molecule has 1 fully saturated rings. The van der Waals surface area contributed by atoms with Crippen molar-refractivity contribution >= 4 is 0 Å². The molecule has 3 heteroatoms. The Balaban J connectivity index is 0.000000281. The van der Waals surface area contributed by atoms with Gasteiger partial charge in [0.1, 0.15) is 0 Å². The zero-order chi connectivity index (χ0) is 12.2. The third-order valence-electron chi connectivity index (χ3n) is 3.05. The van der Waals surface area contributed by atoms with Gasteiger partial charge in [-0.05, 0) is 31.6 Å². The first kappa shape index (κ1) is 15.9. The van der Waals surface area contributed by atoms with Crippen molar-refractivity contribution in [3.8, 4) is 0 Å². The number of rotatable bonds is 5. The van der Waals surface area contributed by atoms with Crippen molar-refractivity contribution in [3.63, 3.8) is 0 Å². The molecule has 0 aromatic rings. The minimum Gasteiger partial charge on any atom is -0.396 e. The minimum absolute atomic E-state index is 0.417. The normalized spacial score (nSPS) is 17.1. The second-order valence-corrected chi connectivity index (χ2v) is 4.66. The van der Waals surface area contributed by atoms with E-state index >= 15 is 0 Å². The lowest BCUT2D eigenvalue weighted by Crippen LogP contribution is -2.09. The SMILES string of the molecule is CCCCCC(O)O.OCC1CCCCC1. The van der Waals surface area contributed by atoms with Gasteiger partial charge in [-0.15, -0.1) is 0 Å². The molecule has 0 heterocycles. The highest BCUT2D eigenvalue weighted by Crippen LogP contribution is 2.22. The van der Waals surface area contributed by atoms with Crippen LogP contribution in [0.15, 0.2) is 0 Å². The summed E-state index contributed by atoms with van der Waals surface area (Å²) in [6.07, 6.45) is 9.16. The maximum absolute atomic E-state index is 8.69. The van der Waals surface area contributed by atoms with Gasteiger partial charge in [-0.3, -0.25) is 0 Å². The number of aliphatic hydroxyl groups excluding tert-OH is 2. The van der Waals surface area contributed by atoms with Crippen molar-refractivity contribution in [2.45, 2.75) is 71.0 Å².